The SMILES string of the molecule is O=C1NCc2nc(C3CCCN3CCO)ccc21. The van der Waals surface area contributed by atoms with E-state index in [4.69, 9.17) is 5.11 Å². The molecule has 5 nitrogen and oxygen atoms in total. The Morgan fingerprint density at radius 3 is 3.22 bits per heavy atom. The summed E-state index contributed by atoms with van der Waals surface area (Å²) in [4.78, 5) is 18.3. The van der Waals surface area contributed by atoms with E-state index >= 15 is 0 Å². The van der Waals surface area contributed by atoms with Crippen LogP contribution in [-0.2, 0) is 6.54 Å². The lowest BCUT2D eigenvalue weighted by molar-refractivity contribution is 0.0966. The summed E-state index contributed by atoms with van der Waals surface area (Å²) in [6, 6.07) is 4.11. The molecule has 1 aromatic heterocycles. The van der Waals surface area contributed by atoms with Crippen LogP contribution < -0.4 is 5.32 Å². The molecule has 0 spiro atoms. The predicted molar refractivity (Wildman–Crippen MR) is 66.0 cm³/mol. The molecule has 5 heteroatoms. The van der Waals surface area contributed by atoms with Crippen molar-refractivity contribution in [1.29, 1.82) is 0 Å². The highest BCUT2D eigenvalue weighted by Crippen LogP contribution is 2.31. The fourth-order valence-electron chi connectivity index (χ4n) is 2.86. The van der Waals surface area contributed by atoms with E-state index < -0.39 is 0 Å². The Kier molecular flexibility index (Phi) is 3.01. The Morgan fingerprint density at radius 2 is 2.39 bits per heavy atom. The third-order valence-corrected chi connectivity index (χ3v) is 3.75. The van der Waals surface area contributed by atoms with Gasteiger partial charge in [0.15, 0.2) is 0 Å². The number of hydrogen-bond acceptors (Lipinski definition) is 4. The van der Waals surface area contributed by atoms with E-state index in [9.17, 15) is 4.79 Å². The van der Waals surface area contributed by atoms with Crippen LogP contribution >= 0.6 is 0 Å². The Labute approximate surface area is 106 Å². The number of rotatable bonds is 3. The van der Waals surface area contributed by atoms with Crippen molar-refractivity contribution < 1.29 is 9.90 Å². The van der Waals surface area contributed by atoms with Crippen LogP contribution in [0.5, 0.6) is 0 Å². The van der Waals surface area contributed by atoms with E-state index in [1.165, 1.54) is 0 Å². The molecule has 0 bridgehead atoms. The number of pyridine rings is 1. The van der Waals surface area contributed by atoms with Crippen molar-refractivity contribution in [1.82, 2.24) is 15.2 Å². The topological polar surface area (TPSA) is 65.5 Å². The summed E-state index contributed by atoms with van der Waals surface area (Å²) < 4.78 is 0. The molecule has 2 aliphatic rings. The maximum absolute atomic E-state index is 11.5. The van der Waals surface area contributed by atoms with Gasteiger partial charge in [0.25, 0.3) is 5.91 Å². The van der Waals surface area contributed by atoms with Crippen molar-refractivity contribution in [2.75, 3.05) is 19.7 Å². The number of aromatic nitrogens is 1. The summed E-state index contributed by atoms with van der Waals surface area (Å²) in [5.41, 5.74) is 2.58. The van der Waals surface area contributed by atoms with Crippen LogP contribution in [0.4, 0.5) is 0 Å². The predicted octanol–water partition coefficient (Wildman–Crippen LogP) is 0.454. The van der Waals surface area contributed by atoms with Crippen LogP contribution in [0.3, 0.4) is 0 Å². The number of aliphatic hydroxyl groups is 1. The van der Waals surface area contributed by atoms with Gasteiger partial charge in [0, 0.05) is 6.54 Å². The first-order valence-corrected chi connectivity index (χ1v) is 6.42. The molecule has 1 unspecified atom stereocenters. The number of fused-ring (bicyclic) bond motifs is 1. The molecule has 3 rings (SSSR count). The van der Waals surface area contributed by atoms with Crippen molar-refractivity contribution in [3.05, 3.63) is 29.1 Å². The first-order valence-electron chi connectivity index (χ1n) is 6.42. The molecule has 0 aliphatic carbocycles. The zero-order chi connectivity index (χ0) is 12.5. The molecular formula is C13H17N3O2. The molecule has 0 saturated carbocycles. The van der Waals surface area contributed by atoms with E-state index in [1.54, 1.807) is 0 Å². The van der Waals surface area contributed by atoms with Crippen molar-refractivity contribution in [3.63, 3.8) is 0 Å². The summed E-state index contributed by atoms with van der Waals surface area (Å²) in [6.07, 6.45) is 2.22. The Balaban J connectivity index is 1.86. The number of carbonyl (C=O) groups is 1. The molecule has 1 amide bonds. The number of likely N-dealkylation sites (tertiary alicyclic amines) is 1. The van der Waals surface area contributed by atoms with Gasteiger partial charge in [-0.15, -0.1) is 0 Å². The average molecular weight is 247 g/mol. The van der Waals surface area contributed by atoms with Crippen LogP contribution in [0.2, 0.25) is 0 Å². The number of carbonyl (C=O) groups excluding carboxylic acids is 1. The van der Waals surface area contributed by atoms with Crippen LogP contribution in [0.25, 0.3) is 0 Å². The van der Waals surface area contributed by atoms with E-state index in [0.29, 0.717) is 18.7 Å². The maximum atomic E-state index is 11.5. The fraction of sp³-hybridized carbons (Fsp3) is 0.538. The summed E-state index contributed by atoms with van der Waals surface area (Å²) in [5.74, 6) is -0.0253. The number of nitrogens with one attached hydrogen (secondary N) is 1. The quantitative estimate of drug-likeness (QED) is 0.814. The molecule has 1 aromatic rings. The second-order valence-electron chi connectivity index (χ2n) is 4.83. The van der Waals surface area contributed by atoms with Crippen LogP contribution in [0, 0.1) is 0 Å². The van der Waals surface area contributed by atoms with Gasteiger partial charge in [-0.3, -0.25) is 14.7 Å². The Bertz CT molecular complexity index is 475. The number of amides is 1. The molecule has 18 heavy (non-hydrogen) atoms. The molecule has 3 heterocycles. The zero-order valence-corrected chi connectivity index (χ0v) is 10.2. The van der Waals surface area contributed by atoms with Crippen molar-refractivity contribution in [3.8, 4) is 0 Å². The molecule has 2 N–H and O–H groups in total. The normalized spacial score (nSPS) is 23.2. The standard InChI is InChI=1S/C13H17N3O2/c17-7-6-16-5-1-2-12(16)10-4-3-9-11(15-10)8-14-13(9)18/h3-4,12,17H,1-2,5-8H2,(H,14,18). The zero-order valence-electron chi connectivity index (χ0n) is 10.2. The molecule has 1 saturated heterocycles. The first kappa shape index (κ1) is 11.6. The highest BCUT2D eigenvalue weighted by molar-refractivity contribution is 5.97. The molecule has 0 radical (unpaired) electrons. The lowest BCUT2D eigenvalue weighted by Crippen LogP contribution is -2.27. The molecule has 2 aliphatic heterocycles. The Hall–Kier alpha value is -1.46. The van der Waals surface area contributed by atoms with Gasteiger partial charge in [-0.25, -0.2) is 0 Å². The van der Waals surface area contributed by atoms with Crippen molar-refractivity contribution in [2.45, 2.75) is 25.4 Å². The minimum absolute atomic E-state index is 0.0253. The number of aliphatic hydroxyl groups excluding tert-OH is 1. The average Bonchev–Trinajstić information content (AvgIpc) is 2.97. The van der Waals surface area contributed by atoms with Gasteiger partial charge in [-0.2, -0.15) is 0 Å². The summed E-state index contributed by atoms with van der Waals surface area (Å²) in [5, 5.41) is 11.8. The third kappa shape index (κ3) is 1.89. The van der Waals surface area contributed by atoms with Crippen LogP contribution in [0.1, 0.15) is 40.6 Å². The van der Waals surface area contributed by atoms with Gasteiger partial charge >= 0.3 is 0 Å². The van der Waals surface area contributed by atoms with Gasteiger partial charge in [-0.1, -0.05) is 0 Å². The second-order valence-corrected chi connectivity index (χ2v) is 4.83. The largest absolute Gasteiger partial charge is 0.395 e. The lowest BCUT2D eigenvalue weighted by atomic mass is 10.1. The minimum Gasteiger partial charge on any atom is -0.395 e. The van der Waals surface area contributed by atoms with Crippen molar-refractivity contribution >= 4 is 5.91 Å². The lowest BCUT2D eigenvalue weighted by Gasteiger charge is -2.23. The first-order chi connectivity index (χ1) is 8.79. The number of nitrogens with zero attached hydrogens (tertiary/aromatic N) is 2. The minimum atomic E-state index is -0.0253. The highest BCUT2D eigenvalue weighted by atomic mass is 16.3. The molecule has 1 fully saturated rings. The molecule has 1 atom stereocenters. The van der Waals surface area contributed by atoms with Crippen LogP contribution in [-0.4, -0.2) is 40.6 Å². The monoisotopic (exact) mass is 247 g/mol. The van der Waals surface area contributed by atoms with E-state index in [2.05, 4.69) is 15.2 Å². The highest BCUT2D eigenvalue weighted by Gasteiger charge is 2.28. The fourth-order valence-corrected chi connectivity index (χ4v) is 2.86. The third-order valence-electron chi connectivity index (χ3n) is 3.75. The van der Waals surface area contributed by atoms with Gasteiger partial charge in [0.2, 0.25) is 0 Å². The number of β-amino-alcohol motifs (C(OH)–C–C–N with tert-alkyl or cyclic N) is 1. The summed E-state index contributed by atoms with van der Waals surface area (Å²) in [6.45, 7) is 2.43. The van der Waals surface area contributed by atoms with Gasteiger partial charge in [0.1, 0.15) is 0 Å². The van der Waals surface area contributed by atoms with Crippen molar-refractivity contribution in [2.24, 2.45) is 0 Å². The van der Waals surface area contributed by atoms with E-state index in [0.717, 1.165) is 30.8 Å². The summed E-state index contributed by atoms with van der Waals surface area (Å²) in [7, 11) is 0. The van der Waals surface area contributed by atoms with Crippen LogP contribution in [0.15, 0.2) is 12.1 Å². The molecule has 0 aromatic carbocycles. The molecular weight excluding hydrogens is 230 g/mol. The smallest absolute Gasteiger partial charge is 0.253 e. The van der Waals surface area contributed by atoms with E-state index in [1.807, 2.05) is 12.1 Å². The molecule has 96 valence electrons. The van der Waals surface area contributed by atoms with E-state index in [-0.39, 0.29) is 18.6 Å². The Morgan fingerprint density at radius 1 is 1.50 bits per heavy atom. The maximum Gasteiger partial charge on any atom is 0.253 e. The van der Waals surface area contributed by atoms with Gasteiger partial charge < -0.3 is 10.4 Å². The van der Waals surface area contributed by atoms with Gasteiger partial charge in [0.05, 0.1) is 36.1 Å². The second kappa shape index (κ2) is 4.66. The summed E-state index contributed by atoms with van der Waals surface area (Å²) >= 11 is 0. The van der Waals surface area contributed by atoms with Gasteiger partial charge in [-0.05, 0) is 31.5 Å². The number of hydrogen-bond donors (Lipinski definition) is 2.